The van der Waals surface area contributed by atoms with Crippen LogP contribution in [0.3, 0.4) is 0 Å². The maximum atomic E-state index is 13.1. The molecule has 9 heteroatoms. The fraction of sp³-hybridized carbons (Fsp3) is 0.300. The number of hydrogen-bond donors (Lipinski definition) is 2. The zero-order valence-electron chi connectivity index (χ0n) is 16.5. The number of carbonyl (C=O) groups is 1. The summed E-state index contributed by atoms with van der Waals surface area (Å²) in [4.78, 5) is 13.1. The molecule has 0 aliphatic carbocycles. The van der Waals surface area contributed by atoms with Crippen molar-refractivity contribution in [3.8, 4) is 17.2 Å². The SMILES string of the molecule is CCOc1ccccc1NC(=O)[C@@H](Cc1ccc(OC)cc1OC)c1nn[nH]n1. The number of aromatic amines is 1. The smallest absolute Gasteiger partial charge is 0.235 e. The Labute approximate surface area is 168 Å². The lowest BCUT2D eigenvalue weighted by atomic mass is 9.96. The minimum Gasteiger partial charge on any atom is -0.497 e. The summed E-state index contributed by atoms with van der Waals surface area (Å²) in [5.41, 5.74) is 1.39. The lowest BCUT2D eigenvalue weighted by Gasteiger charge is -2.17. The van der Waals surface area contributed by atoms with E-state index in [9.17, 15) is 4.79 Å². The molecule has 0 saturated heterocycles. The Morgan fingerprint density at radius 3 is 2.66 bits per heavy atom. The van der Waals surface area contributed by atoms with Gasteiger partial charge in [0.25, 0.3) is 0 Å². The van der Waals surface area contributed by atoms with Crippen LogP contribution in [-0.4, -0.2) is 47.4 Å². The molecule has 1 amide bonds. The molecule has 2 N–H and O–H groups in total. The number of nitrogens with zero attached hydrogens (tertiary/aromatic N) is 3. The highest BCUT2D eigenvalue weighted by Gasteiger charge is 2.27. The molecule has 1 heterocycles. The number of nitrogens with one attached hydrogen (secondary N) is 2. The number of hydrogen-bond acceptors (Lipinski definition) is 7. The predicted molar refractivity (Wildman–Crippen MR) is 106 cm³/mol. The molecular formula is C20H23N5O4. The van der Waals surface area contributed by atoms with Crippen molar-refractivity contribution in [3.05, 3.63) is 53.9 Å². The normalized spacial score (nSPS) is 11.6. The molecule has 1 atom stereocenters. The molecule has 3 rings (SSSR count). The second kappa shape index (κ2) is 9.54. The first kappa shape index (κ1) is 20.1. The van der Waals surface area contributed by atoms with Crippen molar-refractivity contribution in [3.63, 3.8) is 0 Å². The van der Waals surface area contributed by atoms with Gasteiger partial charge in [0.2, 0.25) is 5.91 Å². The molecule has 0 spiro atoms. The van der Waals surface area contributed by atoms with Gasteiger partial charge in [-0.25, -0.2) is 0 Å². The van der Waals surface area contributed by atoms with E-state index in [4.69, 9.17) is 14.2 Å². The van der Waals surface area contributed by atoms with Crippen molar-refractivity contribution >= 4 is 11.6 Å². The summed E-state index contributed by atoms with van der Waals surface area (Å²) in [6, 6.07) is 12.7. The number of rotatable bonds is 9. The fourth-order valence-corrected chi connectivity index (χ4v) is 2.93. The molecule has 29 heavy (non-hydrogen) atoms. The Kier molecular flexibility index (Phi) is 6.62. The Morgan fingerprint density at radius 2 is 1.97 bits per heavy atom. The van der Waals surface area contributed by atoms with Crippen molar-refractivity contribution in [1.29, 1.82) is 0 Å². The summed E-state index contributed by atoms with van der Waals surface area (Å²) in [6.07, 6.45) is 0.315. The number of ether oxygens (including phenoxy) is 3. The number of methoxy groups -OCH3 is 2. The van der Waals surface area contributed by atoms with Gasteiger partial charge in [-0.05, 0) is 37.1 Å². The van der Waals surface area contributed by atoms with E-state index in [2.05, 4.69) is 25.9 Å². The maximum absolute atomic E-state index is 13.1. The lowest BCUT2D eigenvalue weighted by molar-refractivity contribution is -0.117. The number of amides is 1. The molecule has 0 aliphatic rings. The molecule has 0 unspecified atom stereocenters. The highest BCUT2D eigenvalue weighted by atomic mass is 16.5. The topological polar surface area (TPSA) is 111 Å². The van der Waals surface area contributed by atoms with Crippen LogP contribution in [0, 0.1) is 0 Å². The van der Waals surface area contributed by atoms with Crippen molar-refractivity contribution in [2.45, 2.75) is 19.3 Å². The van der Waals surface area contributed by atoms with Gasteiger partial charge < -0.3 is 19.5 Å². The minimum atomic E-state index is -0.689. The summed E-state index contributed by atoms with van der Waals surface area (Å²) in [5, 5.41) is 17.0. The van der Waals surface area contributed by atoms with Gasteiger partial charge in [0, 0.05) is 6.07 Å². The van der Waals surface area contributed by atoms with Crippen LogP contribution in [0.4, 0.5) is 5.69 Å². The van der Waals surface area contributed by atoms with Crippen LogP contribution in [0.2, 0.25) is 0 Å². The van der Waals surface area contributed by atoms with Crippen molar-refractivity contribution in [2.75, 3.05) is 26.1 Å². The highest BCUT2D eigenvalue weighted by Crippen LogP contribution is 2.30. The standard InChI is InChI=1S/C20H23N5O4/c1-4-29-17-8-6-5-7-16(17)21-20(26)15(19-22-24-25-23-19)11-13-9-10-14(27-2)12-18(13)28-3/h5-10,12,15H,4,11H2,1-3H3,(H,21,26)(H,22,23,24,25)/t15-/m0/s1. The summed E-state index contributed by atoms with van der Waals surface area (Å²) < 4.78 is 16.3. The van der Waals surface area contributed by atoms with Gasteiger partial charge in [-0.2, -0.15) is 5.21 Å². The molecule has 0 aliphatic heterocycles. The Balaban J connectivity index is 1.88. The molecule has 3 aromatic rings. The number of carbonyl (C=O) groups excluding carboxylic acids is 1. The minimum absolute atomic E-state index is 0.281. The highest BCUT2D eigenvalue weighted by molar-refractivity contribution is 5.96. The summed E-state index contributed by atoms with van der Waals surface area (Å²) in [7, 11) is 3.15. The van der Waals surface area contributed by atoms with Crippen molar-refractivity contribution < 1.29 is 19.0 Å². The van der Waals surface area contributed by atoms with Gasteiger partial charge in [0.1, 0.15) is 23.2 Å². The first-order valence-electron chi connectivity index (χ1n) is 9.13. The van der Waals surface area contributed by atoms with E-state index in [1.165, 1.54) is 0 Å². The van der Waals surface area contributed by atoms with Gasteiger partial charge >= 0.3 is 0 Å². The zero-order valence-corrected chi connectivity index (χ0v) is 16.5. The van der Waals surface area contributed by atoms with E-state index in [1.807, 2.05) is 31.2 Å². The summed E-state index contributed by atoms with van der Waals surface area (Å²) >= 11 is 0. The van der Waals surface area contributed by atoms with Gasteiger partial charge in [0.05, 0.1) is 26.5 Å². The molecule has 0 bridgehead atoms. The average molecular weight is 397 g/mol. The first-order chi connectivity index (χ1) is 14.2. The number of para-hydroxylation sites is 2. The molecule has 0 fully saturated rings. The van der Waals surface area contributed by atoms with Gasteiger partial charge in [-0.1, -0.05) is 23.4 Å². The fourth-order valence-electron chi connectivity index (χ4n) is 2.93. The third-order valence-corrected chi connectivity index (χ3v) is 4.35. The molecule has 152 valence electrons. The van der Waals surface area contributed by atoms with Crippen LogP contribution in [0.25, 0.3) is 0 Å². The number of benzene rings is 2. The van der Waals surface area contributed by atoms with Gasteiger partial charge in [-0.3, -0.25) is 4.79 Å². The average Bonchev–Trinajstić information content (AvgIpc) is 3.28. The van der Waals surface area contributed by atoms with E-state index in [0.29, 0.717) is 36.0 Å². The van der Waals surface area contributed by atoms with Crippen LogP contribution in [0.15, 0.2) is 42.5 Å². The van der Waals surface area contributed by atoms with E-state index < -0.39 is 5.92 Å². The molecular weight excluding hydrogens is 374 g/mol. The molecule has 2 aromatic carbocycles. The first-order valence-corrected chi connectivity index (χ1v) is 9.13. The predicted octanol–water partition coefficient (Wildman–Crippen LogP) is 2.58. The van der Waals surface area contributed by atoms with Crippen molar-refractivity contribution in [1.82, 2.24) is 20.6 Å². The van der Waals surface area contributed by atoms with Crippen LogP contribution in [-0.2, 0) is 11.2 Å². The van der Waals surface area contributed by atoms with Gasteiger partial charge in [-0.15, -0.1) is 10.2 Å². The Morgan fingerprint density at radius 1 is 1.14 bits per heavy atom. The van der Waals surface area contributed by atoms with Crippen molar-refractivity contribution in [2.24, 2.45) is 0 Å². The Bertz CT molecular complexity index is 946. The quantitative estimate of drug-likeness (QED) is 0.571. The third kappa shape index (κ3) is 4.81. The molecule has 0 radical (unpaired) electrons. The second-order valence-corrected chi connectivity index (χ2v) is 6.12. The largest absolute Gasteiger partial charge is 0.497 e. The molecule has 1 aromatic heterocycles. The van der Waals surface area contributed by atoms with E-state index in [-0.39, 0.29) is 11.7 Å². The number of H-pyrrole nitrogens is 1. The van der Waals surface area contributed by atoms with E-state index >= 15 is 0 Å². The monoisotopic (exact) mass is 397 g/mol. The van der Waals surface area contributed by atoms with Crippen LogP contribution in [0.1, 0.15) is 24.2 Å². The van der Waals surface area contributed by atoms with Crippen LogP contribution in [0.5, 0.6) is 17.2 Å². The second-order valence-electron chi connectivity index (χ2n) is 6.12. The number of anilines is 1. The maximum Gasteiger partial charge on any atom is 0.235 e. The van der Waals surface area contributed by atoms with E-state index in [0.717, 1.165) is 5.56 Å². The Hall–Kier alpha value is -3.62. The van der Waals surface area contributed by atoms with Gasteiger partial charge in [0.15, 0.2) is 5.82 Å². The summed E-state index contributed by atoms with van der Waals surface area (Å²) in [5.74, 6) is 1.19. The van der Waals surface area contributed by atoms with Crippen LogP contribution >= 0.6 is 0 Å². The van der Waals surface area contributed by atoms with E-state index in [1.54, 1.807) is 32.4 Å². The third-order valence-electron chi connectivity index (χ3n) is 4.35. The van der Waals surface area contributed by atoms with Crippen LogP contribution < -0.4 is 19.5 Å². The number of tetrazole rings is 1. The lowest BCUT2D eigenvalue weighted by Crippen LogP contribution is -2.24. The zero-order chi connectivity index (χ0) is 20.6. The molecule has 9 nitrogen and oxygen atoms in total. The number of aromatic nitrogens is 4. The summed E-state index contributed by atoms with van der Waals surface area (Å²) in [6.45, 7) is 2.38. The molecule has 0 saturated carbocycles.